The van der Waals surface area contributed by atoms with Gasteiger partial charge in [-0.15, -0.1) is 0 Å². The van der Waals surface area contributed by atoms with E-state index in [1.54, 1.807) is 0 Å². The summed E-state index contributed by atoms with van der Waals surface area (Å²) >= 11 is 0. The minimum atomic E-state index is -1.41. The molecule has 7 heteroatoms. The number of benzene rings is 2. The second kappa shape index (κ2) is 7.58. The van der Waals surface area contributed by atoms with Crippen molar-refractivity contribution in [2.45, 2.75) is 37.1 Å². The van der Waals surface area contributed by atoms with Gasteiger partial charge in [-0.1, -0.05) is 53.7 Å². The van der Waals surface area contributed by atoms with Crippen LogP contribution in [0.2, 0.25) is 0 Å². The molecule has 0 heterocycles. The van der Waals surface area contributed by atoms with E-state index >= 15 is 0 Å². The number of nitrogens with one attached hydrogen (secondary N) is 1. The molecular weight excluding hydrogens is 372 g/mol. The highest BCUT2D eigenvalue weighted by molar-refractivity contribution is 5.91. The van der Waals surface area contributed by atoms with Crippen molar-refractivity contribution in [2.24, 2.45) is 5.16 Å². The maximum atomic E-state index is 12.5. The van der Waals surface area contributed by atoms with Crippen molar-refractivity contribution in [3.63, 3.8) is 0 Å². The fourth-order valence-corrected chi connectivity index (χ4v) is 4.29. The van der Waals surface area contributed by atoms with Gasteiger partial charge in [-0.25, -0.2) is 9.59 Å². The molecule has 0 radical (unpaired) electrons. The van der Waals surface area contributed by atoms with E-state index in [1.165, 1.54) is 0 Å². The SMILES string of the molecule is O=C(NC1(C(=O)O)CCC(=NO)CC1)OCC1c2ccccc2-c2ccccc21. The first-order valence-corrected chi connectivity index (χ1v) is 9.60. The molecule has 2 aliphatic carbocycles. The van der Waals surface area contributed by atoms with Crippen LogP contribution in [0.25, 0.3) is 11.1 Å². The van der Waals surface area contributed by atoms with Crippen LogP contribution in [0.3, 0.4) is 0 Å². The number of carboxylic acids is 1. The fourth-order valence-electron chi connectivity index (χ4n) is 4.29. The van der Waals surface area contributed by atoms with Crippen LogP contribution in [0.5, 0.6) is 0 Å². The largest absolute Gasteiger partial charge is 0.480 e. The average Bonchev–Trinajstić information content (AvgIpc) is 3.06. The van der Waals surface area contributed by atoms with Gasteiger partial charge in [0, 0.05) is 5.92 Å². The number of amides is 1. The number of carboxylic acid groups (broad SMARTS) is 1. The lowest BCUT2D eigenvalue weighted by Crippen LogP contribution is -2.56. The Morgan fingerprint density at radius 3 is 2.10 bits per heavy atom. The van der Waals surface area contributed by atoms with Crippen molar-refractivity contribution < 1.29 is 24.6 Å². The zero-order valence-corrected chi connectivity index (χ0v) is 15.8. The van der Waals surface area contributed by atoms with Crippen molar-refractivity contribution in [1.82, 2.24) is 5.32 Å². The van der Waals surface area contributed by atoms with Crippen LogP contribution < -0.4 is 5.32 Å². The summed E-state index contributed by atoms with van der Waals surface area (Å²) in [6.45, 7) is 0.124. The van der Waals surface area contributed by atoms with Crippen LogP contribution in [-0.2, 0) is 9.53 Å². The number of alkyl carbamates (subject to hydrolysis) is 1. The molecule has 0 aromatic heterocycles. The summed E-state index contributed by atoms with van der Waals surface area (Å²) in [6, 6.07) is 16.0. The Morgan fingerprint density at radius 2 is 1.59 bits per heavy atom. The number of fused-ring (bicyclic) bond motifs is 3. The monoisotopic (exact) mass is 394 g/mol. The lowest BCUT2D eigenvalue weighted by Gasteiger charge is -2.33. The molecule has 0 saturated heterocycles. The van der Waals surface area contributed by atoms with Gasteiger partial charge in [0.05, 0.1) is 5.71 Å². The summed E-state index contributed by atoms with van der Waals surface area (Å²) < 4.78 is 5.48. The van der Waals surface area contributed by atoms with Crippen LogP contribution in [-0.4, -0.2) is 40.2 Å². The molecule has 2 aromatic rings. The van der Waals surface area contributed by atoms with Crippen LogP contribution in [0, 0.1) is 0 Å². The smallest absolute Gasteiger partial charge is 0.408 e. The molecular formula is C22H22N2O5. The van der Waals surface area contributed by atoms with Crippen molar-refractivity contribution >= 4 is 17.8 Å². The Bertz CT molecular complexity index is 929. The molecule has 1 fully saturated rings. The van der Waals surface area contributed by atoms with E-state index in [2.05, 4.69) is 22.6 Å². The number of hydrogen-bond donors (Lipinski definition) is 3. The maximum absolute atomic E-state index is 12.5. The molecule has 150 valence electrons. The highest BCUT2D eigenvalue weighted by Gasteiger charge is 2.43. The Kier molecular flexibility index (Phi) is 4.96. The second-order valence-electron chi connectivity index (χ2n) is 7.50. The highest BCUT2D eigenvalue weighted by atomic mass is 16.5. The second-order valence-corrected chi connectivity index (χ2v) is 7.50. The standard InChI is InChI=1S/C22H22N2O5/c25-20(26)22(11-9-14(24-28)10-12-22)23-21(27)29-13-19-17-7-3-1-5-15(17)16-6-2-4-8-18(16)19/h1-8,19,28H,9-13H2,(H,23,27)(H,25,26). The van der Waals surface area contributed by atoms with Gasteiger partial charge in [-0.2, -0.15) is 0 Å². The summed E-state index contributed by atoms with van der Waals surface area (Å²) in [5.74, 6) is -1.20. The molecule has 0 bridgehead atoms. The van der Waals surface area contributed by atoms with Gasteiger partial charge >= 0.3 is 12.1 Å². The third kappa shape index (κ3) is 3.44. The zero-order chi connectivity index (χ0) is 20.4. The first kappa shape index (κ1) is 19.0. The normalized spacial score (nSPS) is 20.5. The van der Waals surface area contributed by atoms with E-state index in [9.17, 15) is 14.7 Å². The molecule has 0 atom stereocenters. The Balaban J connectivity index is 1.47. The molecule has 7 nitrogen and oxygen atoms in total. The molecule has 1 amide bonds. The summed E-state index contributed by atoms with van der Waals surface area (Å²) in [4.78, 5) is 24.3. The van der Waals surface area contributed by atoms with Crippen molar-refractivity contribution in [2.75, 3.05) is 6.61 Å². The summed E-state index contributed by atoms with van der Waals surface area (Å²) in [5, 5.41) is 24.3. The number of oxime groups is 1. The number of hydrogen-bond acceptors (Lipinski definition) is 5. The van der Waals surface area contributed by atoms with E-state index in [-0.39, 0.29) is 25.4 Å². The van der Waals surface area contributed by atoms with E-state index in [0.717, 1.165) is 22.3 Å². The van der Waals surface area contributed by atoms with Gasteiger partial charge in [-0.05, 0) is 47.9 Å². The Hall–Kier alpha value is -3.35. The van der Waals surface area contributed by atoms with Crippen molar-refractivity contribution in [3.8, 4) is 11.1 Å². The molecule has 29 heavy (non-hydrogen) atoms. The van der Waals surface area contributed by atoms with Gasteiger partial charge in [0.15, 0.2) is 0 Å². The average molecular weight is 394 g/mol. The van der Waals surface area contributed by atoms with E-state index in [1.807, 2.05) is 36.4 Å². The van der Waals surface area contributed by atoms with E-state index in [4.69, 9.17) is 9.94 Å². The van der Waals surface area contributed by atoms with E-state index < -0.39 is 17.6 Å². The lowest BCUT2D eigenvalue weighted by molar-refractivity contribution is -0.145. The van der Waals surface area contributed by atoms with Gasteiger partial charge in [0.2, 0.25) is 0 Å². The third-order valence-corrected chi connectivity index (χ3v) is 5.92. The lowest BCUT2D eigenvalue weighted by atomic mass is 9.81. The minimum absolute atomic E-state index is 0.0894. The van der Waals surface area contributed by atoms with Crippen molar-refractivity contribution in [3.05, 3.63) is 59.7 Å². The quantitative estimate of drug-likeness (QED) is 0.541. The van der Waals surface area contributed by atoms with Gasteiger partial charge in [-0.3, -0.25) is 0 Å². The predicted octanol–water partition coefficient (Wildman–Crippen LogP) is 3.75. The van der Waals surface area contributed by atoms with Gasteiger partial charge in [0.25, 0.3) is 0 Å². The topological polar surface area (TPSA) is 108 Å². The molecule has 2 aliphatic rings. The minimum Gasteiger partial charge on any atom is -0.480 e. The fraction of sp³-hybridized carbons (Fsp3) is 0.318. The Labute approximate surface area is 168 Å². The first-order valence-electron chi connectivity index (χ1n) is 9.60. The molecule has 4 rings (SSSR count). The first-order chi connectivity index (χ1) is 14.0. The summed E-state index contributed by atoms with van der Waals surface area (Å²) in [6.07, 6.45) is 0.190. The number of ether oxygens (including phenoxy) is 1. The predicted molar refractivity (Wildman–Crippen MR) is 106 cm³/mol. The highest BCUT2D eigenvalue weighted by Crippen LogP contribution is 2.44. The molecule has 0 aliphatic heterocycles. The summed E-state index contributed by atoms with van der Waals surface area (Å²) in [5.41, 5.74) is 3.57. The number of carbonyl (C=O) groups excluding carboxylic acids is 1. The van der Waals surface area contributed by atoms with Crippen LogP contribution in [0.4, 0.5) is 4.79 Å². The molecule has 3 N–H and O–H groups in total. The number of aliphatic carboxylic acids is 1. The number of carbonyl (C=O) groups is 2. The maximum Gasteiger partial charge on any atom is 0.408 e. The molecule has 0 unspecified atom stereocenters. The number of nitrogens with zero attached hydrogens (tertiary/aromatic N) is 1. The molecule has 2 aromatic carbocycles. The van der Waals surface area contributed by atoms with E-state index in [0.29, 0.717) is 18.6 Å². The molecule has 0 spiro atoms. The summed E-state index contributed by atoms with van der Waals surface area (Å²) in [7, 11) is 0. The van der Waals surface area contributed by atoms with Crippen molar-refractivity contribution in [1.29, 1.82) is 0 Å². The van der Waals surface area contributed by atoms with Gasteiger partial charge in [0.1, 0.15) is 12.1 Å². The van der Waals surface area contributed by atoms with Crippen LogP contribution >= 0.6 is 0 Å². The van der Waals surface area contributed by atoms with Crippen LogP contribution in [0.1, 0.15) is 42.7 Å². The number of rotatable bonds is 4. The Morgan fingerprint density at radius 1 is 1.03 bits per heavy atom. The molecule has 1 saturated carbocycles. The zero-order valence-electron chi connectivity index (χ0n) is 15.8. The third-order valence-electron chi connectivity index (χ3n) is 5.92. The van der Waals surface area contributed by atoms with Gasteiger partial charge < -0.3 is 20.4 Å². The van der Waals surface area contributed by atoms with Crippen LogP contribution in [0.15, 0.2) is 53.7 Å².